The summed E-state index contributed by atoms with van der Waals surface area (Å²) in [6.07, 6.45) is 0. The van der Waals surface area contributed by atoms with E-state index >= 15 is 0 Å². The lowest BCUT2D eigenvalue weighted by molar-refractivity contribution is 0.660. The van der Waals surface area contributed by atoms with Crippen LogP contribution < -0.4 is 4.90 Å². The van der Waals surface area contributed by atoms with Crippen molar-refractivity contribution >= 4 is 60.8 Å². The molecule has 2 aromatic heterocycles. The van der Waals surface area contributed by atoms with Crippen LogP contribution >= 0.6 is 0 Å². The van der Waals surface area contributed by atoms with Gasteiger partial charge in [-0.15, -0.1) is 0 Å². The summed E-state index contributed by atoms with van der Waals surface area (Å²) in [7, 11) is 0. The first-order valence-electron chi connectivity index (χ1n) is 22.8. The third-order valence-corrected chi connectivity index (χ3v) is 14.0. The number of hydrogen-bond acceptors (Lipinski definition) is 2. The SMILES string of the molecule is CC1(C)c2cc(-c3ccccc3)ccc2-c2ccc(N(c3ccc(-c4ccc(-c5ccc6c(c5)c5ccccc5n6-c5ccccc5)cc4)cc3)c3ccc4oc5ccccc5c4c3)cc21. The van der Waals surface area contributed by atoms with Crippen LogP contribution in [0, 0.1) is 0 Å². The summed E-state index contributed by atoms with van der Waals surface area (Å²) in [6, 6.07) is 83.9. The second-order valence-corrected chi connectivity index (χ2v) is 18.1. The van der Waals surface area contributed by atoms with Crippen LogP contribution in [0.2, 0.25) is 0 Å². The maximum Gasteiger partial charge on any atom is 0.135 e. The molecule has 312 valence electrons. The first kappa shape index (κ1) is 38.1. The second-order valence-electron chi connectivity index (χ2n) is 18.1. The minimum atomic E-state index is -0.190. The molecule has 12 aromatic rings. The first-order chi connectivity index (χ1) is 32.5. The van der Waals surface area contributed by atoms with Gasteiger partial charge in [0.2, 0.25) is 0 Å². The van der Waals surface area contributed by atoms with Gasteiger partial charge in [0, 0.05) is 49.7 Å². The van der Waals surface area contributed by atoms with Crippen molar-refractivity contribution < 1.29 is 4.42 Å². The molecule has 0 radical (unpaired) electrons. The summed E-state index contributed by atoms with van der Waals surface area (Å²) in [6.45, 7) is 4.74. The van der Waals surface area contributed by atoms with Crippen LogP contribution in [0.3, 0.4) is 0 Å². The molecule has 0 saturated heterocycles. The number of rotatable bonds is 7. The Balaban J connectivity index is 0.864. The highest BCUT2D eigenvalue weighted by Gasteiger charge is 2.36. The van der Waals surface area contributed by atoms with Gasteiger partial charge in [0.25, 0.3) is 0 Å². The lowest BCUT2D eigenvalue weighted by atomic mass is 9.81. The molecule has 3 nitrogen and oxygen atoms in total. The summed E-state index contributed by atoms with van der Waals surface area (Å²) < 4.78 is 8.67. The van der Waals surface area contributed by atoms with E-state index < -0.39 is 0 Å². The van der Waals surface area contributed by atoms with Crippen LogP contribution in [0.1, 0.15) is 25.0 Å². The molecule has 0 N–H and O–H groups in total. The van der Waals surface area contributed by atoms with Gasteiger partial charge in [-0.25, -0.2) is 0 Å². The smallest absolute Gasteiger partial charge is 0.135 e. The predicted molar refractivity (Wildman–Crippen MR) is 277 cm³/mol. The van der Waals surface area contributed by atoms with Crippen molar-refractivity contribution in [2.24, 2.45) is 0 Å². The molecule has 0 saturated carbocycles. The molecule has 0 fully saturated rings. The number of hydrogen-bond donors (Lipinski definition) is 0. The highest BCUT2D eigenvalue weighted by atomic mass is 16.3. The van der Waals surface area contributed by atoms with E-state index in [0.717, 1.165) is 39.0 Å². The largest absolute Gasteiger partial charge is 0.456 e. The van der Waals surface area contributed by atoms with Crippen molar-refractivity contribution in [1.29, 1.82) is 0 Å². The average Bonchev–Trinajstić information content (AvgIpc) is 3.99. The zero-order valence-corrected chi connectivity index (χ0v) is 36.7. The Kier molecular flexibility index (Phi) is 8.56. The van der Waals surface area contributed by atoms with E-state index in [1.54, 1.807) is 0 Å². The molecular weight excluding hydrogens is 801 g/mol. The number of anilines is 3. The molecule has 0 atom stereocenters. The van der Waals surface area contributed by atoms with E-state index in [1.165, 1.54) is 83.1 Å². The minimum Gasteiger partial charge on any atom is -0.456 e. The van der Waals surface area contributed by atoms with Crippen molar-refractivity contribution in [3.05, 3.63) is 242 Å². The fraction of sp³-hybridized carbons (Fsp3) is 0.0476. The zero-order valence-electron chi connectivity index (χ0n) is 36.7. The maximum absolute atomic E-state index is 6.30. The van der Waals surface area contributed by atoms with Crippen LogP contribution in [0.5, 0.6) is 0 Å². The molecule has 0 bridgehead atoms. The van der Waals surface area contributed by atoms with Gasteiger partial charge in [0.1, 0.15) is 11.2 Å². The van der Waals surface area contributed by atoms with Gasteiger partial charge in [0.15, 0.2) is 0 Å². The molecule has 0 aliphatic heterocycles. The van der Waals surface area contributed by atoms with Gasteiger partial charge in [-0.3, -0.25) is 0 Å². The highest BCUT2D eigenvalue weighted by molar-refractivity contribution is 6.11. The van der Waals surface area contributed by atoms with Gasteiger partial charge in [-0.1, -0.05) is 159 Å². The van der Waals surface area contributed by atoms with Crippen LogP contribution in [0.25, 0.3) is 93.9 Å². The number of furan rings is 1. The molecule has 10 aromatic carbocycles. The Hall–Kier alpha value is -8.40. The van der Waals surface area contributed by atoms with E-state index in [2.05, 4.69) is 242 Å². The van der Waals surface area contributed by atoms with E-state index in [1.807, 2.05) is 12.1 Å². The van der Waals surface area contributed by atoms with Crippen LogP contribution in [0.15, 0.2) is 235 Å². The lowest BCUT2D eigenvalue weighted by Gasteiger charge is -2.28. The van der Waals surface area contributed by atoms with Crippen molar-refractivity contribution in [2.75, 3.05) is 4.90 Å². The monoisotopic (exact) mass is 844 g/mol. The Bertz CT molecular complexity index is 3820. The van der Waals surface area contributed by atoms with E-state index in [9.17, 15) is 0 Å². The summed E-state index contributed by atoms with van der Waals surface area (Å²) >= 11 is 0. The highest BCUT2D eigenvalue weighted by Crippen LogP contribution is 2.52. The average molecular weight is 845 g/mol. The Morgan fingerprint density at radius 3 is 1.62 bits per heavy atom. The summed E-state index contributed by atoms with van der Waals surface area (Å²) in [5.41, 5.74) is 21.0. The lowest BCUT2D eigenvalue weighted by Crippen LogP contribution is -2.16. The topological polar surface area (TPSA) is 21.3 Å². The molecule has 3 heteroatoms. The molecule has 1 aliphatic carbocycles. The molecule has 1 aliphatic rings. The van der Waals surface area contributed by atoms with Crippen molar-refractivity contribution in [3.8, 4) is 50.2 Å². The third kappa shape index (κ3) is 6.04. The normalized spacial score (nSPS) is 12.8. The number of aromatic nitrogens is 1. The fourth-order valence-electron chi connectivity index (χ4n) is 10.6. The number of para-hydroxylation sites is 3. The molecule has 0 unspecified atom stereocenters. The Labute approximate surface area is 384 Å². The van der Waals surface area contributed by atoms with Crippen LogP contribution in [-0.4, -0.2) is 4.57 Å². The van der Waals surface area contributed by atoms with Crippen LogP contribution in [0.4, 0.5) is 17.1 Å². The Morgan fingerprint density at radius 2 is 0.848 bits per heavy atom. The van der Waals surface area contributed by atoms with E-state index in [-0.39, 0.29) is 5.41 Å². The molecule has 0 spiro atoms. The van der Waals surface area contributed by atoms with Gasteiger partial charge in [0.05, 0.1) is 11.0 Å². The Morgan fingerprint density at radius 1 is 0.348 bits per heavy atom. The quantitative estimate of drug-likeness (QED) is 0.159. The standard InChI is InChI=1S/C63H44N2O/c1-63(2)57-38-46(41-13-5-3-6-14-41)27-33-51(57)52-34-31-50(40-58(52)63)64(49-32-36-62-56(39-49)54-18-10-12-20-61(54)66-62)48-29-25-43(26-30-48)42-21-23-44(24-22-42)45-28-35-60-55(37-45)53-17-9-11-19-59(53)65(60)47-15-7-4-8-16-47/h3-40H,1-2H3. The number of benzene rings is 10. The molecule has 2 heterocycles. The number of nitrogens with zero attached hydrogens (tertiary/aromatic N) is 2. The van der Waals surface area contributed by atoms with Gasteiger partial charge in [-0.05, 0) is 141 Å². The molecule has 66 heavy (non-hydrogen) atoms. The van der Waals surface area contributed by atoms with Crippen molar-refractivity contribution in [1.82, 2.24) is 4.57 Å². The van der Waals surface area contributed by atoms with Crippen molar-refractivity contribution in [2.45, 2.75) is 19.3 Å². The van der Waals surface area contributed by atoms with Crippen LogP contribution in [-0.2, 0) is 5.41 Å². The van der Waals surface area contributed by atoms with E-state index in [4.69, 9.17) is 4.42 Å². The second kappa shape index (κ2) is 14.8. The predicted octanol–water partition coefficient (Wildman–Crippen LogP) is 17.5. The van der Waals surface area contributed by atoms with Crippen molar-refractivity contribution in [3.63, 3.8) is 0 Å². The number of fused-ring (bicyclic) bond motifs is 9. The maximum atomic E-state index is 6.30. The summed E-state index contributed by atoms with van der Waals surface area (Å²) in [5, 5.41) is 4.73. The first-order valence-corrected chi connectivity index (χ1v) is 22.8. The summed E-state index contributed by atoms with van der Waals surface area (Å²) in [5.74, 6) is 0. The summed E-state index contributed by atoms with van der Waals surface area (Å²) in [4.78, 5) is 2.40. The van der Waals surface area contributed by atoms with E-state index in [0.29, 0.717) is 0 Å². The minimum absolute atomic E-state index is 0.190. The van der Waals surface area contributed by atoms with Gasteiger partial charge >= 0.3 is 0 Å². The molecular formula is C63H44N2O. The molecule has 13 rings (SSSR count). The molecule has 0 amide bonds. The van der Waals surface area contributed by atoms with Gasteiger partial charge < -0.3 is 13.9 Å². The zero-order chi connectivity index (χ0) is 43.9. The fourth-order valence-corrected chi connectivity index (χ4v) is 10.6. The third-order valence-electron chi connectivity index (χ3n) is 14.0. The van der Waals surface area contributed by atoms with Gasteiger partial charge in [-0.2, -0.15) is 0 Å².